The van der Waals surface area contributed by atoms with Crippen LogP contribution in [0.2, 0.25) is 0 Å². The highest BCUT2D eigenvalue weighted by atomic mass is 19.2. The van der Waals surface area contributed by atoms with Gasteiger partial charge in [-0.1, -0.05) is 34.3 Å². The summed E-state index contributed by atoms with van der Waals surface area (Å²) in [4.78, 5) is 37.5. The molecule has 0 spiro atoms. The molecular formula is C18H21FN4O9. The van der Waals surface area contributed by atoms with E-state index in [0.717, 1.165) is 5.56 Å². The maximum absolute atomic E-state index is 12.6. The number of aliphatic hydroxyl groups excluding tert-OH is 2. The first kappa shape index (κ1) is 23.7. The van der Waals surface area contributed by atoms with Gasteiger partial charge in [-0.05, 0) is 12.5 Å². The molecule has 2 heterocycles. The first-order chi connectivity index (χ1) is 15.0. The molecule has 7 N–H and O–H groups in total. The molecule has 1 fully saturated rings. The number of aromatic amines is 1. The third-order valence-corrected chi connectivity index (χ3v) is 5.15. The standard InChI is InChI=1S/C18H21FN4O9/c1-9-3-2-4-10(5-9)6-23(31)17(29)13(25)12(8-24)32-18(17,30)22-7-11(15(27)21-19)14(26)20-16(22)28/h2-5,7,12-13,24-25,29-31H,6,8H2,1H3,(H,21,27)(H,20,26,28)/t12-,13-,17-,18-/m1/s1. The Bertz CT molecular complexity index is 1140. The van der Waals surface area contributed by atoms with Crippen LogP contribution in [0.15, 0.2) is 40.1 Å². The Kier molecular flexibility index (Phi) is 6.30. The number of hydroxylamine groups is 2. The van der Waals surface area contributed by atoms with Gasteiger partial charge >= 0.3 is 11.6 Å². The monoisotopic (exact) mass is 456 g/mol. The van der Waals surface area contributed by atoms with E-state index >= 15 is 0 Å². The zero-order chi connectivity index (χ0) is 23.8. The van der Waals surface area contributed by atoms with Crippen molar-refractivity contribution in [2.24, 2.45) is 0 Å². The zero-order valence-electron chi connectivity index (χ0n) is 16.6. The van der Waals surface area contributed by atoms with Crippen molar-refractivity contribution >= 4 is 5.91 Å². The fourth-order valence-electron chi connectivity index (χ4n) is 3.52. The second-order valence-electron chi connectivity index (χ2n) is 7.26. The van der Waals surface area contributed by atoms with Gasteiger partial charge in [0.25, 0.3) is 11.5 Å². The van der Waals surface area contributed by atoms with Crippen molar-refractivity contribution in [2.75, 3.05) is 6.61 Å². The van der Waals surface area contributed by atoms with Crippen molar-refractivity contribution in [3.05, 3.63) is 68.0 Å². The van der Waals surface area contributed by atoms with Crippen molar-refractivity contribution in [2.45, 2.75) is 37.3 Å². The van der Waals surface area contributed by atoms with E-state index in [2.05, 4.69) is 0 Å². The summed E-state index contributed by atoms with van der Waals surface area (Å²) in [6.45, 7) is 0.276. The van der Waals surface area contributed by atoms with Crippen LogP contribution >= 0.6 is 0 Å². The predicted octanol–water partition coefficient (Wildman–Crippen LogP) is -2.61. The Labute approximate surface area is 178 Å². The van der Waals surface area contributed by atoms with Gasteiger partial charge in [0.2, 0.25) is 5.72 Å². The van der Waals surface area contributed by atoms with Gasteiger partial charge in [0, 0.05) is 6.20 Å². The average Bonchev–Trinajstić information content (AvgIpc) is 2.95. The van der Waals surface area contributed by atoms with Gasteiger partial charge < -0.3 is 30.4 Å². The number of aryl methyl sites for hydroxylation is 1. The summed E-state index contributed by atoms with van der Waals surface area (Å²) in [5.74, 6) is -4.95. The lowest BCUT2D eigenvalue weighted by Crippen LogP contribution is -2.68. The fourth-order valence-corrected chi connectivity index (χ4v) is 3.52. The molecule has 1 aliphatic rings. The normalized spacial score (nSPS) is 27.6. The maximum atomic E-state index is 12.6. The molecule has 0 bridgehead atoms. The summed E-state index contributed by atoms with van der Waals surface area (Å²) in [6, 6.07) is 6.57. The molecule has 32 heavy (non-hydrogen) atoms. The number of nitrogens with one attached hydrogen (secondary N) is 2. The lowest BCUT2D eigenvalue weighted by atomic mass is 10.00. The van der Waals surface area contributed by atoms with Gasteiger partial charge in [-0.2, -0.15) is 5.54 Å². The number of aliphatic hydroxyl groups is 4. The molecule has 14 heteroatoms. The Hall–Kier alpha value is -2.98. The number of hydrogen-bond acceptors (Lipinski definition) is 10. The van der Waals surface area contributed by atoms with E-state index < -0.39 is 59.7 Å². The highest BCUT2D eigenvalue weighted by molar-refractivity contribution is 5.92. The molecular weight excluding hydrogens is 435 g/mol. The number of carbonyl (C=O) groups is 1. The Morgan fingerprint density at radius 3 is 2.66 bits per heavy atom. The molecule has 3 rings (SSSR count). The number of carbonyl (C=O) groups excluding carboxylic acids is 1. The third kappa shape index (κ3) is 3.63. The molecule has 1 aromatic carbocycles. The van der Waals surface area contributed by atoms with Crippen molar-refractivity contribution in [1.29, 1.82) is 0 Å². The quantitative estimate of drug-likeness (QED) is 0.137. The van der Waals surface area contributed by atoms with Crippen LogP contribution < -0.4 is 16.8 Å². The number of amides is 1. The van der Waals surface area contributed by atoms with Gasteiger partial charge in [-0.25, -0.2) is 9.36 Å². The molecule has 0 unspecified atom stereocenters. The topological polar surface area (TPSA) is 198 Å². The summed E-state index contributed by atoms with van der Waals surface area (Å²) in [5.41, 5.74) is -5.12. The van der Waals surface area contributed by atoms with Gasteiger partial charge in [0.05, 0.1) is 13.2 Å². The summed E-state index contributed by atoms with van der Waals surface area (Å²) in [7, 11) is 0. The molecule has 4 atom stereocenters. The molecule has 1 aliphatic heterocycles. The van der Waals surface area contributed by atoms with Gasteiger partial charge in [-0.3, -0.25) is 14.6 Å². The SMILES string of the molecule is Cc1cccc(CN(O)[C@@]2(O)[C@H](O)[C@@H](CO)O[C@@]2(O)n2cc(C(=O)NF)c(=O)[nH]c2=O)c1. The molecule has 1 saturated heterocycles. The highest BCUT2D eigenvalue weighted by Gasteiger charge is 2.70. The van der Waals surface area contributed by atoms with Crippen LogP contribution in [0.4, 0.5) is 4.48 Å². The minimum absolute atomic E-state index is 0.0779. The Balaban J connectivity index is 2.17. The van der Waals surface area contributed by atoms with E-state index in [0.29, 0.717) is 17.3 Å². The summed E-state index contributed by atoms with van der Waals surface area (Å²) >= 11 is 0. The Morgan fingerprint density at radius 2 is 2.06 bits per heavy atom. The van der Waals surface area contributed by atoms with Gasteiger partial charge in [-0.15, -0.1) is 5.06 Å². The van der Waals surface area contributed by atoms with E-state index in [-0.39, 0.29) is 9.63 Å². The lowest BCUT2D eigenvalue weighted by Gasteiger charge is -2.42. The van der Waals surface area contributed by atoms with E-state index in [9.17, 15) is 44.5 Å². The second kappa shape index (κ2) is 8.51. The summed E-state index contributed by atoms with van der Waals surface area (Å²) < 4.78 is 17.8. The second-order valence-corrected chi connectivity index (χ2v) is 7.26. The largest absolute Gasteiger partial charge is 0.394 e. The molecule has 1 amide bonds. The minimum Gasteiger partial charge on any atom is -0.394 e. The van der Waals surface area contributed by atoms with Crippen molar-refractivity contribution in [1.82, 2.24) is 20.2 Å². The molecule has 1 aromatic heterocycles. The van der Waals surface area contributed by atoms with Crippen LogP contribution in [0, 0.1) is 6.92 Å². The number of halogens is 1. The highest BCUT2D eigenvalue weighted by Crippen LogP contribution is 2.43. The van der Waals surface area contributed by atoms with Crippen LogP contribution in [-0.2, 0) is 17.2 Å². The number of benzene rings is 1. The van der Waals surface area contributed by atoms with E-state index in [4.69, 9.17) is 4.74 Å². The van der Waals surface area contributed by atoms with Crippen LogP contribution in [0.5, 0.6) is 0 Å². The van der Waals surface area contributed by atoms with Crippen LogP contribution in [0.1, 0.15) is 21.5 Å². The number of H-pyrrole nitrogens is 1. The first-order valence-corrected chi connectivity index (χ1v) is 9.20. The van der Waals surface area contributed by atoms with E-state index in [1.165, 1.54) is 0 Å². The number of nitrogens with zero attached hydrogens (tertiary/aromatic N) is 2. The summed E-state index contributed by atoms with van der Waals surface area (Å²) in [6.07, 6.45) is -3.56. The van der Waals surface area contributed by atoms with Crippen molar-refractivity contribution in [3.8, 4) is 0 Å². The fraction of sp³-hybridized carbons (Fsp3) is 0.389. The predicted molar refractivity (Wildman–Crippen MR) is 102 cm³/mol. The van der Waals surface area contributed by atoms with E-state index in [1.54, 1.807) is 36.2 Å². The van der Waals surface area contributed by atoms with Crippen molar-refractivity contribution in [3.63, 3.8) is 0 Å². The lowest BCUT2D eigenvalue weighted by molar-refractivity contribution is -0.413. The summed E-state index contributed by atoms with van der Waals surface area (Å²) in [5, 5.41) is 53.2. The van der Waals surface area contributed by atoms with Gasteiger partial charge in [0.15, 0.2) is 0 Å². The molecule has 2 aromatic rings. The molecule has 0 saturated carbocycles. The smallest absolute Gasteiger partial charge is 0.332 e. The van der Waals surface area contributed by atoms with Gasteiger partial charge in [0.1, 0.15) is 17.8 Å². The first-order valence-electron chi connectivity index (χ1n) is 9.20. The zero-order valence-corrected chi connectivity index (χ0v) is 16.6. The molecule has 0 radical (unpaired) electrons. The number of hydrogen-bond donors (Lipinski definition) is 7. The van der Waals surface area contributed by atoms with Crippen LogP contribution in [-0.4, -0.2) is 70.7 Å². The third-order valence-electron chi connectivity index (χ3n) is 5.15. The molecule has 13 nitrogen and oxygen atoms in total. The van der Waals surface area contributed by atoms with Crippen LogP contribution in [0.3, 0.4) is 0 Å². The number of rotatable bonds is 6. The maximum Gasteiger partial charge on any atom is 0.332 e. The minimum atomic E-state index is -3.36. The molecule has 0 aliphatic carbocycles. The Morgan fingerprint density at radius 1 is 1.38 bits per heavy atom. The van der Waals surface area contributed by atoms with E-state index in [1.807, 2.05) is 0 Å². The number of aromatic nitrogens is 2. The average molecular weight is 456 g/mol. The number of ether oxygens (including phenoxy) is 1. The van der Waals surface area contributed by atoms with Crippen LogP contribution in [0.25, 0.3) is 0 Å². The molecule has 174 valence electrons. The van der Waals surface area contributed by atoms with Crippen molar-refractivity contribution < 1.29 is 39.6 Å².